The molecule has 0 N–H and O–H groups in total. The predicted molar refractivity (Wildman–Crippen MR) is 135 cm³/mol. The van der Waals surface area contributed by atoms with Crippen LogP contribution >= 0.6 is 67.8 Å². The molecule has 2 aromatic carbocycles. The van der Waals surface area contributed by atoms with Crippen molar-refractivity contribution in [2.45, 2.75) is 29.9 Å². The second kappa shape index (κ2) is 9.59. The summed E-state index contributed by atoms with van der Waals surface area (Å²) in [6.45, 7) is 0. The Kier molecular flexibility index (Phi) is 7.36. The lowest BCUT2D eigenvalue weighted by Gasteiger charge is -2.25. The Morgan fingerprint density at radius 2 is 1.34 bits per heavy atom. The quantitative estimate of drug-likeness (QED) is 0.195. The molecule has 0 aliphatic carbocycles. The molecule has 4 rings (SSSR count). The van der Waals surface area contributed by atoms with E-state index in [1.54, 1.807) is 69.4 Å². The lowest BCUT2D eigenvalue weighted by atomic mass is 9.79. The molecule has 0 radical (unpaired) electrons. The first-order chi connectivity index (χ1) is 15.0. The molecule has 12 heteroatoms. The van der Waals surface area contributed by atoms with Crippen molar-refractivity contribution in [1.29, 1.82) is 0 Å². The number of ether oxygens (including phenoxy) is 3. The summed E-state index contributed by atoms with van der Waals surface area (Å²) in [5.41, 5.74) is 0. The zero-order valence-corrected chi connectivity index (χ0v) is 23.3. The van der Waals surface area contributed by atoms with Crippen molar-refractivity contribution in [1.82, 2.24) is 0 Å². The Hall–Kier alpha value is -0.560. The van der Waals surface area contributed by atoms with E-state index in [0.717, 1.165) is 3.57 Å². The van der Waals surface area contributed by atoms with Crippen LogP contribution in [0.5, 0.6) is 11.5 Å². The summed E-state index contributed by atoms with van der Waals surface area (Å²) >= 11 is 5.55. The zero-order valence-electron chi connectivity index (χ0n) is 16.0. The van der Waals surface area contributed by atoms with Gasteiger partial charge in [0.05, 0.1) is 28.9 Å². The number of fused-ring (bicyclic) bond motifs is 2. The van der Waals surface area contributed by atoms with Crippen LogP contribution in [-0.4, -0.2) is 37.1 Å². The fourth-order valence-corrected chi connectivity index (χ4v) is 8.27. The molecule has 2 bridgehead atoms. The van der Waals surface area contributed by atoms with Crippen LogP contribution in [0.4, 0.5) is 0 Å². The fourth-order valence-electron chi connectivity index (χ4n) is 3.98. The third-order valence-electron chi connectivity index (χ3n) is 5.29. The Morgan fingerprint density at radius 3 is 1.81 bits per heavy atom. The molecule has 2 aliphatic heterocycles. The Bertz CT molecular complexity index is 1160. The van der Waals surface area contributed by atoms with Gasteiger partial charge in [-0.3, -0.25) is 9.59 Å². The molecule has 8 nitrogen and oxygen atoms in total. The van der Waals surface area contributed by atoms with Crippen molar-refractivity contribution >= 4 is 89.8 Å². The molecule has 2 fully saturated rings. The summed E-state index contributed by atoms with van der Waals surface area (Å²) in [5, 5.41) is 0. The SMILES string of the molecule is O=C(Oc1ccc(I)cc1)C1C2CCC(O2)C1C(=O)Oc1cc(I)c(S(=O)(=O)[O-])c(I)c1. The molecule has 2 aliphatic rings. The highest BCUT2D eigenvalue weighted by atomic mass is 127. The van der Waals surface area contributed by atoms with Gasteiger partial charge in [0.25, 0.3) is 0 Å². The molecule has 2 heterocycles. The maximum Gasteiger partial charge on any atom is 0.317 e. The van der Waals surface area contributed by atoms with E-state index in [-0.39, 0.29) is 17.8 Å². The van der Waals surface area contributed by atoms with Crippen molar-refractivity contribution in [3.8, 4) is 11.5 Å². The average Bonchev–Trinajstić information content (AvgIpc) is 3.29. The van der Waals surface area contributed by atoms with Gasteiger partial charge in [0, 0.05) is 10.7 Å². The van der Waals surface area contributed by atoms with Crippen LogP contribution in [0.2, 0.25) is 0 Å². The van der Waals surface area contributed by atoms with E-state index in [9.17, 15) is 22.6 Å². The number of carbonyl (C=O) groups excluding carboxylic acids is 2. The van der Waals surface area contributed by atoms with Gasteiger partial charge in [-0.1, -0.05) is 0 Å². The van der Waals surface area contributed by atoms with Crippen molar-refractivity contribution in [3.05, 3.63) is 47.1 Å². The van der Waals surface area contributed by atoms with Crippen molar-refractivity contribution < 1.29 is 36.8 Å². The Balaban J connectivity index is 1.54. The molecule has 0 spiro atoms. The van der Waals surface area contributed by atoms with Crippen LogP contribution in [0, 0.1) is 22.5 Å². The first kappa shape index (κ1) is 24.6. The van der Waals surface area contributed by atoms with E-state index in [4.69, 9.17) is 14.2 Å². The van der Waals surface area contributed by atoms with E-state index in [2.05, 4.69) is 22.6 Å². The molecule has 2 aromatic rings. The lowest BCUT2D eigenvalue weighted by molar-refractivity contribution is -0.150. The first-order valence-corrected chi connectivity index (χ1v) is 14.0. The molecule has 32 heavy (non-hydrogen) atoms. The third kappa shape index (κ3) is 5.08. The van der Waals surface area contributed by atoms with Crippen LogP contribution in [-0.2, 0) is 24.4 Å². The van der Waals surface area contributed by atoms with Crippen LogP contribution in [0.3, 0.4) is 0 Å². The highest BCUT2D eigenvalue weighted by Crippen LogP contribution is 2.45. The van der Waals surface area contributed by atoms with Gasteiger partial charge in [-0.05, 0) is 117 Å². The van der Waals surface area contributed by atoms with E-state index >= 15 is 0 Å². The summed E-state index contributed by atoms with van der Waals surface area (Å²) < 4.78 is 52.4. The van der Waals surface area contributed by atoms with E-state index in [1.165, 1.54) is 12.1 Å². The number of hydrogen-bond donors (Lipinski definition) is 0. The van der Waals surface area contributed by atoms with E-state index in [0.29, 0.717) is 18.6 Å². The lowest BCUT2D eigenvalue weighted by Crippen LogP contribution is -2.42. The second-order valence-electron chi connectivity index (χ2n) is 7.31. The summed E-state index contributed by atoms with van der Waals surface area (Å²) in [5.74, 6) is -2.40. The topological polar surface area (TPSA) is 119 Å². The minimum Gasteiger partial charge on any atom is -0.744 e. The van der Waals surface area contributed by atoms with Gasteiger partial charge < -0.3 is 18.8 Å². The molecular weight excluding hydrogens is 781 g/mol. The smallest absolute Gasteiger partial charge is 0.317 e. The van der Waals surface area contributed by atoms with Gasteiger partial charge in [-0.2, -0.15) is 0 Å². The molecule has 4 unspecified atom stereocenters. The van der Waals surface area contributed by atoms with Gasteiger partial charge in [0.1, 0.15) is 21.6 Å². The molecule has 2 saturated heterocycles. The molecule has 0 aromatic heterocycles. The van der Waals surface area contributed by atoms with Crippen LogP contribution in [0.15, 0.2) is 41.3 Å². The summed E-state index contributed by atoms with van der Waals surface area (Å²) in [6, 6.07) is 9.58. The second-order valence-corrected chi connectivity index (χ2v) is 12.2. The van der Waals surface area contributed by atoms with Crippen LogP contribution in [0.25, 0.3) is 0 Å². The number of benzene rings is 2. The number of halogens is 3. The molecule has 4 atom stereocenters. The third-order valence-corrected chi connectivity index (χ3v) is 9.38. The highest BCUT2D eigenvalue weighted by molar-refractivity contribution is 14.1. The van der Waals surface area contributed by atoms with Gasteiger partial charge >= 0.3 is 11.9 Å². The normalized spacial score (nSPS) is 24.4. The number of hydrogen-bond acceptors (Lipinski definition) is 8. The van der Waals surface area contributed by atoms with Gasteiger partial charge in [0.2, 0.25) is 0 Å². The van der Waals surface area contributed by atoms with Crippen molar-refractivity contribution in [3.63, 3.8) is 0 Å². The largest absolute Gasteiger partial charge is 0.744 e. The Labute approximate surface area is 224 Å². The fraction of sp³-hybridized carbons (Fsp3) is 0.300. The number of rotatable bonds is 5. The van der Waals surface area contributed by atoms with Crippen LogP contribution < -0.4 is 9.47 Å². The van der Waals surface area contributed by atoms with Gasteiger partial charge in [0.15, 0.2) is 0 Å². The minimum atomic E-state index is -4.67. The number of carbonyl (C=O) groups is 2. The van der Waals surface area contributed by atoms with Crippen molar-refractivity contribution in [2.75, 3.05) is 0 Å². The summed E-state index contributed by atoms with van der Waals surface area (Å²) in [7, 11) is -4.67. The molecule has 0 saturated carbocycles. The molecule has 170 valence electrons. The van der Waals surface area contributed by atoms with Crippen LogP contribution in [0.1, 0.15) is 12.8 Å². The summed E-state index contributed by atoms with van der Waals surface area (Å²) in [6.07, 6.45) is 0.385. The maximum atomic E-state index is 13.0. The summed E-state index contributed by atoms with van der Waals surface area (Å²) in [4.78, 5) is 25.6. The Morgan fingerprint density at radius 1 is 0.875 bits per heavy atom. The predicted octanol–water partition coefficient (Wildman–Crippen LogP) is 3.71. The first-order valence-electron chi connectivity index (χ1n) is 9.34. The maximum absolute atomic E-state index is 13.0. The van der Waals surface area contributed by atoms with E-state index < -0.39 is 46.1 Å². The average molecular weight is 795 g/mol. The molecular formula is C20H14I3O8S-. The van der Waals surface area contributed by atoms with Gasteiger partial charge in [-0.25, -0.2) is 8.42 Å². The number of esters is 2. The monoisotopic (exact) mass is 795 g/mol. The highest BCUT2D eigenvalue weighted by Gasteiger charge is 2.57. The zero-order chi connectivity index (χ0) is 23.2. The standard InChI is InChI=1S/C20H15I3O8S/c21-9-1-3-10(4-2-9)29-19(24)16-14-5-6-15(31-14)17(16)20(25)30-11-7-12(22)18(13(23)8-11)32(26,27)28/h1-4,7-8,14-17H,5-6H2,(H,26,27,28)/p-1. The molecule has 0 amide bonds. The minimum absolute atomic E-state index is 0.0868. The van der Waals surface area contributed by atoms with Gasteiger partial charge in [-0.15, -0.1) is 0 Å². The van der Waals surface area contributed by atoms with Crippen molar-refractivity contribution in [2.24, 2.45) is 11.8 Å². The van der Waals surface area contributed by atoms with E-state index in [1.807, 2.05) is 0 Å².